The molecule has 2 heterocycles. The summed E-state index contributed by atoms with van der Waals surface area (Å²) in [6.45, 7) is 7.30. The Hall–Kier alpha value is -2.83. The number of aromatic nitrogens is 2. The zero-order chi connectivity index (χ0) is 19.9. The summed E-state index contributed by atoms with van der Waals surface area (Å²) in [6.07, 6.45) is 3.16. The summed E-state index contributed by atoms with van der Waals surface area (Å²) in [7, 11) is 0. The maximum atomic E-state index is 12.6. The van der Waals surface area contributed by atoms with E-state index in [0.29, 0.717) is 13.2 Å². The molecule has 1 fully saturated rings. The van der Waals surface area contributed by atoms with Gasteiger partial charge < -0.3 is 10.1 Å². The average Bonchev–Trinajstić information content (AvgIpc) is 3.21. The van der Waals surface area contributed by atoms with Crippen LogP contribution in [0.3, 0.4) is 0 Å². The van der Waals surface area contributed by atoms with Crippen molar-refractivity contribution in [2.45, 2.75) is 39.7 Å². The van der Waals surface area contributed by atoms with Crippen molar-refractivity contribution in [1.82, 2.24) is 20.0 Å². The van der Waals surface area contributed by atoms with Crippen molar-refractivity contribution in [1.29, 1.82) is 0 Å². The van der Waals surface area contributed by atoms with Gasteiger partial charge in [0.25, 0.3) is 0 Å². The SMILES string of the molecule is Cc1ccc(-n2ncc3c2CC(C)(C)CC3NC(=O)CN2CCOC2=O)cc1. The molecule has 2 aromatic rings. The first-order valence-electron chi connectivity index (χ1n) is 9.67. The van der Waals surface area contributed by atoms with E-state index >= 15 is 0 Å². The smallest absolute Gasteiger partial charge is 0.410 e. The summed E-state index contributed by atoms with van der Waals surface area (Å²) in [5.74, 6) is -0.171. The van der Waals surface area contributed by atoms with Crippen LogP contribution in [0.25, 0.3) is 5.69 Å². The minimum absolute atomic E-state index is 0.0250. The minimum atomic E-state index is -0.424. The molecule has 28 heavy (non-hydrogen) atoms. The third-order valence-electron chi connectivity index (χ3n) is 5.47. The van der Waals surface area contributed by atoms with E-state index in [1.165, 1.54) is 10.5 Å². The van der Waals surface area contributed by atoms with Gasteiger partial charge in [0.05, 0.1) is 30.2 Å². The quantitative estimate of drug-likeness (QED) is 0.882. The second-order valence-electron chi connectivity index (χ2n) is 8.50. The number of fused-ring (bicyclic) bond motifs is 1. The van der Waals surface area contributed by atoms with Crippen molar-refractivity contribution in [3.8, 4) is 5.69 Å². The van der Waals surface area contributed by atoms with Crippen LogP contribution in [0.15, 0.2) is 30.5 Å². The first-order chi connectivity index (χ1) is 13.3. The number of carbonyl (C=O) groups is 2. The van der Waals surface area contributed by atoms with Crippen LogP contribution >= 0.6 is 0 Å². The lowest BCUT2D eigenvalue weighted by Gasteiger charge is -2.36. The van der Waals surface area contributed by atoms with Gasteiger partial charge >= 0.3 is 6.09 Å². The number of cyclic esters (lactones) is 1. The minimum Gasteiger partial charge on any atom is -0.448 e. The predicted octanol–water partition coefficient (Wildman–Crippen LogP) is 2.76. The molecule has 0 bridgehead atoms. The van der Waals surface area contributed by atoms with Gasteiger partial charge in [0.1, 0.15) is 13.2 Å². The predicted molar refractivity (Wildman–Crippen MR) is 104 cm³/mol. The van der Waals surface area contributed by atoms with Crippen molar-refractivity contribution >= 4 is 12.0 Å². The van der Waals surface area contributed by atoms with Crippen LogP contribution in [-0.2, 0) is 16.0 Å². The van der Waals surface area contributed by atoms with Crippen LogP contribution in [0.1, 0.15) is 43.1 Å². The number of nitrogens with zero attached hydrogens (tertiary/aromatic N) is 3. The molecule has 1 saturated heterocycles. The van der Waals surface area contributed by atoms with Crippen LogP contribution in [0.4, 0.5) is 4.79 Å². The van der Waals surface area contributed by atoms with Gasteiger partial charge in [-0.25, -0.2) is 9.48 Å². The zero-order valence-corrected chi connectivity index (χ0v) is 16.6. The third kappa shape index (κ3) is 3.61. The van der Waals surface area contributed by atoms with Gasteiger partial charge in [0.2, 0.25) is 5.91 Å². The van der Waals surface area contributed by atoms with Crippen molar-refractivity contribution in [2.24, 2.45) is 5.41 Å². The molecule has 0 radical (unpaired) electrons. The Labute approximate surface area is 164 Å². The molecule has 1 aliphatic carbocycles. The summed E-state index contributed by atoms with van der Waals surface area (Å²) >= 11 is 0. The maximum absolute atomic E-state index is 12.6. The van der Waals surface area contributed by atoms with E-state index < -0.39 is 6.09 Å². The van der Waals surface area contributed by atoms with Crippen LogP contribution in [0, 0.1) is 12.3 Å². The molecule has 1 N–H and O–H groups in total. The summed E-state index contributed by atoms with van der Waals surface area (Å²) in [5, 5.41) is 7.73. The summed E-state index contributed by atoms with van der Waals surface area (Å²) < 4.78 is 6.88. The highest BCUT2D eigenvalue weighted by atomic mass is 16.6. The van der Waals surface area contributed by atoms with Crippen LogP contribution in [-0.4, -0.2) is 46.4 Å². The standard InChI is InChI=1S/C21H26N4O3/c1-14-4-6-15(7-5-14)25-18-11-21(2,3)10-17(16(18)12-22-25)23-19(26)13-24-8-9-28-20(24)27/h4-7,12,17H,8-11,13H2,1-3H3,(H,23,26). The summed E-state index contributed by atoms with van der Waals surface area (Å²) in [6, 6.07) is 8.16. The molecule has 0 spiro atoms. The lowest BCUT2D eigenvalue weighted by atomic mass is 9.74. The number of benzene rings is 1. The fraction of sp³-hybridized carbons (Fsp3) is 0.476. The number of amides is 2. The molecule has 1 unspecified atom stereocenters. The molecule has 1 aromatic heterocycles. The Morgan fingerprint density at radius 3 is 2.75 bits per heavy atom. The van der Waals surface area contributed by atoms with Gasteiger partial charge in [-0.2, -0.15) is 5.10 Å². The van der Waals surface area contributed by atoms with Crippen molar-refractivity contribution in [3.05, 3.63) is 47.3 Å². The van der Waals surface area contributed by atoms with Gasteiger partial charge in [-0.3, -0.25) is 9.69 Å². The van der Waals surface area contributed by atoms with Crippen molar-refractivity contribution in [3.63, 3.8) is 0 Å². The molecular formula is C21H26N4O3. The molecule has 1 atom stereocenters. The first kappa shape index (κ1) is 18.5. The second kappa shape index (κ2) is 6.96. The van der Waals surface area contributed by atoms with Gasteiger partial charge in [-0.05, 0) is 37.3 Å². The summed E-state index contributed by atoms with van der Waals surface area (Å²) in [4.78, 5) is 25.6. The van der Waals surface area contributed by atoms with E-state index in [1.54, 1.807) is 0 Å². The lowest BCUT2D eigenvalue weighted by Crippen LogP contribution is -2.42. The number of rotatable bonds is 4. The summed E-state index contributed by atoms with van der Waals surface area (Å²) in [5.41, 5.74) is 4.44. The van der Waals surface area contributed by atoms with Crippen LogP contribution in [0.2, 0.25) is 0 Å². The average molecular weight is 382 g/mol. The first-order valence-corrected chi connectivity index (χ1v) is 9.67. The van der Waals surface area contributed by atoms with Crippen molar-refractivity contribution < 1.29 is 14.3 Å². The van der Waals surface area contributed by atoms with Crippen molar-refractivity contribution in [2.75, 3.05) is 19.7 Å². The topological polar surface area (TPSA) is 76.5 Å². The van der Waals surface area contributed by atoms with E-state index in [9.17, 15) is 9.59 Å². The van der Waals surface area contributed by atoms with Gasteiger partial charge in [0.15, 0.2) is 0 Å². The molecule has 4 rings (SSSR count). The zero-order valence-electron chi connectivity index (χ0n) is 16.6. The van der Waals surface area contributed by atoms with Gasteiger partial charge in [-0.15, -0.1) is 0 Å². The highest BCUT2D eigenvalue weighted by Gasteiger charge is 2.36. The Morgan fingerprint density at radius 1 is 1.32 bits per heavy atom. The second-order valence-corrected chi connectivity index (χ2v) is 8.50. The number of carbonyl (C=O) groups excluding carboxylic acids is 2. The van der Waals surface area contributed by atoms with Gasteiger partial charge in [0, 0.05) is 5.56 Å². The normalized spacial score (nSPS) is 20.6. The molecule has 1 aromatic carbocycles. The number of hydrogen-bond donors (Lipinski definition) is 1. The highest BCUT2D eigenvalue weighted by molar-refractivity contribution is 5.83. The fourth-order valence-corrected chi connectivity index (χ4v) is 4.06. The number of nitrogens with one attached hydrogen (secondary N) is 1. The maximum Gasteiger partial charge on any atom is 0.410 e. The molecule has 2 aliphatic rings. The van der Waals surface area contributed by atoms with Crippen LogP contribution < -0.4 is 5.32 Å². The number of hydrogen-bond acceptors (Lipinski definition) is 4. The van der Waals surface area contributed by atoms with E-state index in [2.05, 4.69) is 55.5 Å². The molecule has 7 heteroatoms. The Bertz CT molecular complexity index is 901. The molecule has 2 amide bonds. The van der Waals surface area contributed by atoms with E-state index in [1.807, 2.05) is 10.9 Å². The largest absolute Gasteiger partial charge is 0.448 e. The fourth-order valence-electron chi connectivity index (χ4n) is 4.06. The molecule has 148 valence electrons. The Morgan fingerprint density at radius 2 is 2.07 bits per heavy atom. The number of ether oxygens (including phenoxy) is 1. The van der Waals surface area contributed by atoms with Crippen LogP contribution in [0.5, 0.6) is 0 Å². The van der Waals surface area contributed by atoms with E-state index in [-0.39, 0.29) is 23.9 Å². The van der Waals surface area contributed by atoms with Gasteiger partial charge in [-0.1, -0.05) is 31.5 Å². The number of aryl methyl sites for hydroxylation is 1. The van der Waals surface area contributed by atoms with E-state index in [4.69, 9.17) is 4.74 Å². The molecule has 7 nitrogen and oxygen atoms in total. The Kier molecular flexibility index (Phi) is 4.61. The monoisotopic (exact) mass is 382 g/mol. The van der Waals surface area contributed by atoms with E-state index in [0.717, 1.165) is 29.8 Å². The Balaban J connectivity index is 1.57. The lowest BCUT2D eigenvalue weighted by molar-refractivity contribution is -0.122. The molecular weight excluding hydrogens is 356 g/mol. The highest BCUT2D eigenvalue weighted by Crippen LogP contribution is 2.41. The molecule has 1 aliphatic heterocycles. The molecule has 0 saturated carbocycles. The third-order valence-corrected chi connectivity index (χ3v) is 5.47.